The van der Waals surface area contributed by atoms with Crippen LogP contribution in [0.2, 0.25) is 0 Å². The first-order valence-corrected chi connectivity index (χ1v) is 8.59. The quantitative estimate of drug-likeness (QED) is 0.553. The molecular weight excluding hydrogens is 338 g/mol. The lowest BCUT2D eigenvalue weighted by Gasteiger charge is -2.09. The smallest absolute Gasteiger partial charge is 0.234 e. The molecule has 0 saturated carbocycles. The molecule has 25 heavy (non-hydrogen) atoms. The van der Waals surface area contributed by atoms with E-state index in [4.69, 9.17) is 0 Å². The maximum Gasteiger partial charge on any atom is 0.234 e. The number of hydrogen-bond acceptors (Lipinski definition) is 7. The summed E-state index contributed by atoms with van der Waals surface area (Å²) < 4.78 is 1.58. The van der Waals surface area contributed by atoms with E-state index in [9.17, 15) is 4.79 Å². The number of amides is 1. The second-order valence-electron chi connectivity index (χ2n) is 5.53. The van der Waals surface area contributed by atoms with Crippen LogP contribution in [0.5, 0.6) is 0 Å². The van der Waals surface area contributed by atoms with Crippen LogP contribution >= 0.6 is 11.8 Å². The van der Waals surface area contributed by atoms with Gasteiger partial charge in [0.05, 0.1) is 11.4 Å². The van der Waals surface area contributed by atoms with E-state index in [0.29, 0.717) is 5.16 Å². The normalized spacial score (nSPS) is 10.7. The number of carbonyl (C=O) groups excluding carboxylic acids is 1. The lowest BCUT2D eigenvalue weighted by Crippen LogP contribution is -2.14. The fourth-order valence-electron chi connectivity index (χ4n) is 2.35. The van der Waals surface area contributed by atoms with Crippen molar-refractivity contribution in [1.82, 2.24) is 30.2 Å². The lowest BCUT2D eigenvalue weighted by molar-refractivity contribution is -0.113. The third-order valence-electron chi connectivity index (χ3n) is 3.37. The van der Waals surface area contributed by atoms with Gasteiger partial charge in [0.2, 0.25) is 5.91 Å². The lowest BCUT2D eigenvalue weighted by atomic mass is 10.2. The van der Waals surface area contributed by atoms with E-state index in [-0.39, 0.29) is 11.7 Å². The number of tetrazole rings is 1. The van der Waals surface area contributed by atoms with Gasteiger partial charge in [0.15, 0.2) is 5.16 Å². The van der Waals surface area contributed by atoms with Crippen LogP contribution in [0, 0.1) is 20.8 Å². The van der Waals surface area contributed by atoms with Crippen LogP contribution < -0.4 is 5.32 Å². The number of nitrogens with one attached hydrogen (secondary N) is 1. The van der Waals surface area contributed by atoms with Gasteiger partial charge in [0.25, 0.3) is 0 Å². The van der Waals surface area contributed by atoms with Crippen molar-refractivity contribution in [2.45, 2.75) is 25.9 Å². The number of nitrogens with zero attached hydrogens (tertiary/aromatic N) is 6. The van der Waals surface area contributed by atoms with Crippen molar-refractivity contribution in [3.63, 3.8) is 0 Å². The summed E-state index contributed by atoms with van der Waals surface area (Å²) in [6.45, 7) is 5.76. The first-order chi connectivity index (χ1) is 12.0. The minimum absolute atomic E-state index is 0.109. The molecule has 0 aliphatic carbocycles. The summed E-state index contributed by atoms with van der Waals surface area (Å²) in [6.07, 6.45) is 1.53. The number of hydrogen-bond donors (Lipinski definition) is 1. The Morgan fingerprint density at radius 2 is 1.92 bits per heavy atom. The molecule has 3 rings (SSSR count). The largest absolute Gasteiger partial charge is 0.325 e. The average molecular weight is 355 g/mol. The highest BCUT2D eigenvalue weighted by molar-refractivity contribution is 7.99. The molecule has 3 aromatic rings. The first-order valence-electron chi connectivity index (χ1n) is 7.60. The predicted octanol–water partition coefficient (Wildman–Crippen LogP) is 2.11. The molecule has 0 bridgehead atoms. The monoisotopic (exact) mass is 355 g/mol. The number of thioether (sulfide) groups is 1. The number of aryl methyl sites for hydroxylation is 3. The molecule has 2 aromatic heterocycles. The molecule has 0 aliphatic heterocycles. The van der Waals surface area contributed by atoms with Crippen LogP contribution in [0.4, 0.5) is 5.69 Å². The Kier molecular flexibility index (Phi) is 5.03. The SMILES string of the molecule is Cc1cc(C)nc(SCC(=O)Nc2ccc(-n3cnnn3)c(C)c2)n1. The van der Waals surface area contributed by atoms with Gasteiger partial charge in [-0.15, -0.1) is 5.10 Å². The van der Waals surface area contributed by atoms with Crippen molar-refractivity contribution in [1.29, 1.82) is 0 Å². The molecular formula is C16H17N7OS. The molecule has 1 amide bonds. The van der Waals surface area contributed by atoms with Gasteiger partial charge in [-0.3, -0.25) is 4.79 Å². The van der Waals surface area contributed by atoms with E-state index in [2.05, 4.69) is 30.8 Å². The van der Waals surface area contributed by atoms with Crippen molar-refractivity contribution in [2.24, 2.45) is 0 Å². The summed E-state index contributed by atoms with van der Waals surface area (Å²) in [4.78, 5) is 20.8. The molecule has 9 heteroatoms. The Bertz CT molecular complexity index is 875. The maximum atomic E-state index is 12.2. The zero-order valence-electron chi connectivity index (χ0n) is 14.1. The summed E-state index contributed by atoms with van der Waals surface area (Å²) in [5.74, 6) is 0.138. The zero-order chi connectivity index (χ0) is 17.8. The molecule has 0 radical (unpaired) electrons. The topological polar surface area (TPSA) is 98.5 Å². The summed E-state index contributed by atoms with van der Waals surface area (Å²) in [6, 6.07) is 7.47. The van der Waals surface area contributed by atoms with Crippen LogP contribution in [-0.4, -0.2) is 41.8 Å². The second-order valence-corrected chi connectivity index (χ2v) is 6.47. The molecule has 0 saturated heterocycles. The summed E-state index contributed by atoms with van der Waals surface area (Å²) in [7, 11) is 0. The number of anilines is 1. The molecule has 0 fully saturated rings. The van der Waals surface area contributed by atoms with Crippen molar-refractivity contribution in [3.05, 3.63) is 47.5 Å². The summed E-state index contributed by atoms with van der Waals surface area (Å²) in [5.41, 5.74) is 4.33. The van der Waals surface area contributed by atoms with Gasteiger partial charge in [-0.05, 0) is 61.0 Å². The van der Waals surface area contributed by atoms with Crippen LogP contribution in [0.3, 0.4) is 0 Å². The van der Waals surface area contributed by atoms with Crippen LogP contribution in [0.15, 0.2) is 35.7 Å². The van der Waals surface area contributed by atoms with Crippen molar-refractivity contribution < 1.29 is 4.79 Å². The number of benzene rings is 1. The van der Waals surface area contributed by atoms with E-state index in [1.165, 1.54) is 18.1 Å². The molecule has 8 nitrogen and oxygen atoms in total. The maximum absolute atomic E-state index is 12.2. The Morgan fingerprint density at radius 1 is 1.16 bits per heavy atom. The third-order valence-corrected chi connectivity index (χ3v) is 4.22. The highest BCUT2D eigenvalue weighted by atomic mass is 32.2. The number of aromatic nitrogens is 6. The fourth-order valence-corrected chi connectivity index (χ4v) is 3.10. The molecule has 2 heterocycles. The second kappa shape index (κ2) is 7.39. The third kappa shape index (κ3) is 4.38. The van der Waals surface area contributed by atoms with Crippen molar-refractivity contribution >= 4 is 23.4 Å². The Balaban J connectivity index is 1.62. The zero-order valence-corrected chi connectivity index (χ0v) is 14.9. The van der Waals surface area contributed by atoms with Crippen molar-refractivity contribution in [2.75, 3.05) is 11.1 Å². The Morgan fingerprint density at radius 3 is 2.56 bits per heavy atom. The van der Waals surface area contributed by atoms with E-state index in [1.807, 2.05) is 45.0 Å². The fraction of sp³-hybridized carbons (Fsp3) is 0.250. The highest BCUT2D eigenvalue weighted by Gasteiger charge is 2.09. The van der Waals surface area contributed by atoms with Crippen LogP contribution in [-0.2, 0) is 4.79 Å². The van der Waals surface area contributed by atoms with Gasteiger partial charge >= 0.3 is 0 Å². The minimum atomic E-state index is -0.109. The predicted molar refractivity (Wildman–Crippen MR) is 94.8 cm³/mol. The van der Waals surface area contributed by atoms with Crippen LogP contribution in [0.1, 0.15) is 17.0 Å². The molecule has 0 aliphatic rings. The molecule has 1 N–H and O–H groups in total. The first kappa shape index (κ1) is 17.0. The van der Waals surface area contributed by atoms with E-state index < -0.39 is 0 Å². The number of carbonyl (C=O) groups is 1. The van der Waals surface area contributed by atoms with Gasteiger partial charge in [-0.25, -0.2) is 14.6 Å². The standard InChI is InChI=1S/C16H17N7OS/c1-10-6-13(4-5-14(10)23-9-17-21-22-23)20-15(24)8-25-16-18-11(2)7-12(3)19-16/h4-7,9H,8H2,1-3H3,(H,20,24). The van der Waals surface area contributed by atoms with Gasteiger partial charge in [0.1, 0.15) is 6.33 Å². The molecule has 0 atom stereocenters. The van der Waals surface area contributed by atoms with Crippen molar-refractivity contribution in [3.8, 4) is 5.69 Å². The van der Waals surface area contributed by atoms with E-state index in [1.54, 1.807) is 4.68 Å². The molecule has 128 valence electrons. The summed E-state index contributed by atoms with van der Waals surface area (Å²) >= 11 is 1.32. The minimum Gasteiger partial charge on any atom is -0.325 e. The van der Waals surface area contributed by atoms with E-state index >= 15 is 0 Å². The van der Waals surface area contributed by atoms with Gasteiger partial charge < -0.3 is 5.32 Å². The van der Waals surface area contributed by atoms with Gasteiger partial charge in [0, 0.05) is 17.1 Å². The molecule has 0 spiro atoms. The highest BCUT2D eigenvalue weighted by Crippen LogP contribution is 2.19. The Labute approximate surface area is 149 Å². The molecule has 1 aromatic carbocycles. The van der Waals surface area contributed by atoms with Crippen LogP contribution in [0.25, 0.3) is 5.69 Å². The molecule has 0 unspecified atom stereocenters. The average Bonchev–Trinajstić information content (AvgIpc) is 3.06. The van der Waals surface area contributed by atoms with Gasteiger partial charge in [-0.2, -0.15) is 0 Å². The van der Waals surface area contributed by atoms with Gasteiger partial charge in [-0.1, -0.05) is 11.8 Å². The number of rotatable bonds is 5. The Hall–Kier alpha value is -2.81. The summed E-state index contributed by atoms with van der Waals surface area (Å²) in [5, 5.41) is 14.6. The van der Waals surface area contributed by atoms with E-state index in [0.717, 1.165) is 28.3 Å².